The summed E-state index contributed by atoms with van der Waals surface area (Å²) in [7, 11) is 0. The van der Waals surface area contributed by atoms with E-state index >= 15 is 0 Å². The molecule has 0 unspecified atom stereocenters. The van der Waals surface area contributed by atoms with Crippen LogP contribution >= 0.6 is 0 Å². The zero-order chi connectivity index (χ0) is 8.97. The maximum Gasteiger partial charge on any atom is 0.216 e. The zero-order valence-corrected chi connectivity index (χ0v) is 7.92. The number of nitrogens with zero attached hydrogens (tertiary/aromatic N) is 1. The minimum absolute atomic E-state index is 0.747. The first kappa shape index (κ1) is 9.04. The second kappa shape index (κ2) is 4.10. The van der Waals surface area contributed by atoms with Crippen molar-refractivity contribution in [3.63, 3.8) is 0 Å². The maximum absolute atomic E-state index is 5.43. The highest BCUT2D eigenvalue weighted by Gasteiger charge is 1.99. The van der Waals surface area contributed by atoms with E-state index in [1.165, 1.54) is 5.56 Å². The van der Waals surface area contributed by atoms with Gasteiger partial charge in [0, 0.05) is 11.8 Å². The Balaban J connectivity index is 2.72. The minimum Gasteiger partial charge on any atom is -0.477 e. The Kier molecular flexibility index (Phi) is 3.09. The van der Waals surface area contributed by atoms with E-state index in [1.807, 2.05) is 20.0 Å². The summed E-state index contributed by atoms with van der Waals surface area (Å²) in [6, 6.07) is 2.08. The number of hydrogen-bond donors (Lipinski definition) is 0. The molecule has 2 nitrogen and oxygen atoms in total. The summed E-state index contributed by atoms with van der Waals surface area (Å²) in [4.78, 5) is 4.19. The van der Waals surface area contributed by atoms with Gasteiger partial charge in [-0.15, -0.1) is 0 Å². The molecule has 0 spiro atoms. The van der Waals surface area contributed by atoms with Crippen LogP contribution in [0.5, 0.6) is 5.88 Å². The summed E-state index contributed by atoms with van der Waals surface area (Å²) in [6.07, 6.45) is 2.85. The summed E-state index contributed by atoms with van der Waals surface area (Å²) >= 11 is 0. The first-order valence-electron chi connectivity index (χ1n) is 4.30. The molecule has 0 aliphatic rings. The van der Waals surface area contributed by atoms with Gasteiger partial charge in [-0.3, -0.25) is 0 Å². The summed E-state index contributed by atoms with van der Waals surface area (Å²) in [6.45, 7) is 6.88. The van der Waals surface area contributed by atoms with Crippen LogP contribution in [0.1, 0.15) is 24.5 Å². The Morgan fingerprint density at radius 1 is 1.42 bits per heavy atom. The molecule has 0 aromatic carbocycles. The van der Waals surface area contributed by atoms with Gasteiger partial charge >= 0.3 is 0 Å². The number of rotatable bonds is 3. The van der Waals surface area contributed by atoms with Crippen molar-refractivity contribution in [1.29, 1.82) is 0 Å². The fraction of sp³-hybridized carbons (Fsp3) is 0.500. The highest BCUT2D eigenvalue weighted by Crippen LogP contribution is 2.14. The van der Waals surface area contributed by atoms with Crippen LogP contribution < -0.4 is 4.74 Å². The second-order valence-electron chi connectivity index (χ2n) is 2.98. The monoisotopic (exact) mass is 165 g/mol. The van der Waals surface area contributed by atoms with Gasteiger partial charge in [0.25, 0.3) is 0 Å². The minimum atomic E-state index is 0.747. The van der Waals surface area contributed by atoms with E-state index in [2.05, 4.69) is 18.0 Å². The molecule has 1 aromatic heterocycles. The molecule has 66 valence electrons. The van der Waals surface area contributed by atoms with Gasteiger partial charge in [-0.25, -0.2) is 4.98 Å². The SMILES string of the molecule is CCCOc1ncc(C)cc1C. The summed E-state index contributed by atoms with van der Waals surface area (Å²) in [5.74, 6) is 0.766. The topological polar surface area (TPSA) is 22.1 Å². The van der Waals surface area contributed by atoms with Gasteiger partial charge < -0.3 is 4.74 Å². The third-order valence-corrected chi connectivity index (χ3v) is 1.61. The van der Waals surface area contributed by atoms with Crippen LogP contribution in [0.25, 0.3) is 0 Å². The average Bonchev–Trinajstić information content (AvgIpc) is 2.03. The van der Waals surface area contributed by atoms with Crippen LogP contribution in [0.4, 0.5) is 0 Å². The standard InChI is InChI=1S/C10H15NO/c1-4-5-12-10-9(3)6-8(2)7-11-10/h6-7H,4-5H2,1-3H3. The summed E-state index contributed by atoms with van der Waals surface area (Å²) in [5, 5.41) is 0. The van der Waals surface area contributed by atoms with Crippen molar-refractivity contribution in [2.24, 2.45) is 0 Å². The molecule has 0 saturated heterocycles. The van der Waals surface area contributed by atoms with Crippen LogP contribution in [0.15, 0.2) is 12.3 Å². The molecule has 12 heavy (non-hydrogen) atoms. The van der Waals surface area contributed by atoms with Crippen molar-refractivity contribution in [2.45, 2.75) is 27.2 Å². The van der Waals surface area contributed by atoms with Crippen LogP contribution in [0.2, 0.25) is 0 Å². The summed E-state index contributed by atoms with van der Waals surface area (Å²) in [5.41, 5.74) is 2.29. The van der Waals surface area contributed by atoms with E-state index in [0.29, 0.717) is 0 Å². The van der Waals surface area contributed by atoms with Crippen molar-refractivity contribution in [3.05, 3.63) is 23.4 Å². The van der Waals surface area contributed by atoms with E-state index < -0.39 is 0 Å². The lowest BCUT2D eigenvalue weighted by Crippen LogP contribution is -1.99. The summed E-state index contributed by atoms with van der Waals surface area (Å²) < 4.78 is 5.43. The van der Waals surface area contributed by atoms with E-state index in [0.717, 1.165) is 24.5 Å². The molecule has 0 fully saturated rings. The zero-order valence-electron chi connectivity index (χ0n) is 7.92. The molecule has 0 aliphatic heterocycles. The predicted octanol–water partition coefficient (Wildman–Crippen LogP) is 2.49. The van der Waals surface area contributed by atoms with Crippen molar-refractivity contribution in [3.8, 4) is 5.88 Å². The van der Waals surface area contributed by atoms with Gasteiger partial charge in [0.1, 0.15) is 0 Å². The van der Waals surface area contributed by atoms with Crippen LogP contribution in [0.3, 0.4) is 0 Å². The molecule has 0 atom stereocenters. The molecule has 2 heteroatoms. The fourth-order valence-corrected chi connectivity index (χ4v) is 1.05. The van der Waals surface area contributed by atoms with Crippen molar-refractivity contribution in [1.82, 2.24) is 4.98 Å². The third kappa shape index (κ3) is 2.22. The maximum atomic E-state index is 5.43. The smallest absolute Gasteiger partial charge is 0.216 e. The molecule has 0 radical (unpaired) electrons. The average molecular weight is 165 g/mol. The number of aryl methyl sites for hydroxylation is 2. The first-order chi connectivity index (χ1) is 5.74. The predicted molar refractivity (Wildman–Crippen MR) is 49.5 cm³/mol. The Morgan fingerprint density at radius 3 is 2.75 bits per heavy atom. The lowest BCUT2D eigenvalue weighted by atomic mass is 10.2. The third-order valence-electron chi connectivity index (χ3n) is 1.61. The Labute approximate surface area is 73.6 Å². The molecule has 0 aliphatic carbocycles. The van der Waals surface area contributed by atoms with Gasteiger partial charge in [-0.1, -0.05) is 6.92 Å². The van der Waals surface area contributed by atoms with Crippen molar-refractivity contribution >= 4 is 0 Å². The van der Waals surface area contributed by atoms with Gasteiger partial charge in [0.15, 0.2) is 0 Å². The molecule has 0 saturated carbocycles. The Morgan fingerprint density at radius 2 is 2.17 bits per heavy atom. The first-order valence-corrected chi connectivity index (χ1v) is 4.30. The van der Waals surface area contributed by atoms with Gasteiger partial charge in [0.05, 0.1) is 6.61 Å². The molecule has 1 rings (SSSR count). The fourth-order valence-electron chi connectivity index (χ4n) is 1.05. The highest BCUT2D eigenvalue weighted by molar-refractivity contribution is 5.27. The van der Waals surface area contributed by atoms with Gasteiger partial charge in [0.2, 0.25) is 5.88 Å². The number of aromatic nitrogens is 1. The van der Waals surface area contributed by atoms with Crippen LogP contribution in [-0.2, 0) is 0 Å². The van der Waals surface area contributed by atoms with Gasteiger partial charge in [-0.2, -0.15) is 0 Å². The number of pyridine rings is 1. The lowest BCUT2D eigenvalue weighted by molar-refractivity contribution is 0.303. The second-order valence-corrected chi connectivity index (χ2v) is 2.98. The molecule has 0 N–H and O–H groups in total. The molecule has 1 heterocycles. The largest absolute Gasteiger partial charge is 0.477 e. The van der Waals surface area contributed by atoms with Gasteiger partial charge in [-0.05, 0) is 31.9 Å². The van der Waals surface area contributed by atoms with E-state index in [1.54, 1.807) is 0 Å². The van der Waals surface area contributed by atoms with Crippen LogP contribution in [0, 0.1) is 13.8 Å². The lowest BCUT2D eigenvalue weighted by Gasteiger charge is -2.06. The van der Waals surface area contributed by atoms with Crippen molar-refractivity contribution < 1.29 is 4.74 Å². The number of ether oxygens (including phenoxy) is 1. The molecular formula is C10H15NO. The Bertz CT molecular complexity index is 258. The Hall–Kier alpha value is -1.05. The van der Waals surface area contributed by atoms with E-state index in [-0.39, 0.29) is 0 Å². The molecule has 0 amide bonds. The van der Waals surface area contributed by atoms with Crippen LogP contribution in [-0.4, -0.2) is 11.6 Å². The normalized spacial score (nSPS) is 9.92. The highest BCUT2D eigenvalue weighted by atomic mass is 16.5. The van der Waals surface area contributed by atoms with E-state index in [9.17, 15) is 0 Å². The van der Waals surface area contributed by atoms with E-state index in [4.69, 9.17) is 4.74 Å². The molecule has 0 bridgehead atoms. The molecular weight excluding hydrogens is 150 g/mol. The quantitative estimate of drug-likeness (QED) is 0.686. The van der Waals surface area contributed by atoms with Crippen molar-refractivity contribution in [2.75, 3.05) is 6.61 Å². The molecule has 1 aromatic rings. The number of hydrogen-bond acceptors (Lipinski definition) is 2.